The number of alkyl halides is 3. The highest BCUT2D eigenvalue weighted by Crippen LogP contribution is 2.23. The van der Waals surface area contributed by atoms with E-state index < -0.39 is 18.2 Å². The van der Waals surface area contributed by atoms with Crippen LogP contribution in [0, 0.1) is 5.92 Å². The van der Waals surface area contributed by atoms with E-state index >= 15 is 0 Å². The van der Waals surface area contributed by atoms with Gasteiger partial charge in [-0.25, -0.2) is 0 Å². The lowest BCUT2D eigenvalue weighted by molar-refractivity contribution is -0.274. The Hall–Kier alpha value is -2.25. The molecule has 1 fully saturated rings. The Balaban J connectivity index is 1.84. The van der Waals surface area contributed by atoms with Gasteiger partial charge in [0.2, 0.25) is 5.91 Å². The number of halogens is 3. The topological polar surface area (TPSA) is 66.8 Å². The first-order valence-corrected chi connectivity index (χ1v) is 7.60. The number of carbonyl (C=O) groups is 2. The molecule has 24 heavy (non-hydrogen) atoms. The Morgan fingerprint density at radius 3 is 2.50 bits per heavy atom. The Labute approximate surface area is 137 Å². The number of carboxylic acids is 1. The van der Waals surface area contributed by atoms with Gasteiger partial charge in [0.05, 0.1) is 5.92 Å². The average molecular weight is 345 g/mol. The molecule has 1 aliphatic rings. The van der Waals surface area contributed by atoms with Crippen LogP contribution in [0.1, 0.15) is 24.8 Å². The summed E-state index contributed by atoms with van der Waals surface area (Å²) < 4.78 is 40.0. The summed E-state index contributed by atoms with van der Waals surface area (Å²) in [6.45, 7) is 0.757. The van der Waals surface area contributed by atoms with Crippen LogP contribution < -0.4 is 4.74 Å². The summed E-state index contributed by atoms with van der Waals surface area (Å²) in [4.78, 5) is 24.7. The summed E-state index contributed by atoms with van der Waals surface area (Å²) in [6.07, 6.45) is -2.94. The molecule has 1 atom stereocenters. The minimum atomic E-state index is -4.73. The number of hydrogen-bond acceptors (Lipinski definition) is 3. The highest BCUT2D eigenvalue weighted by Gasteiger charge is 2.31. The zero-order chi connectivity index (χ0) is 17.7. The van der Waals surface area contributed by atoms with Crippen LogP contribution in [-0.2, 0) is 16.0 Å². The molecular formula is C16H18F3NO4. The largest absolute Gasteiger partial charge is 0.573 e. The molecule has 1 unspecified atom stereocenters. The standard InChI is InChI=1S/C16H18F3NO4/c17-16(18,19)24-13-6-3-11(4-7-13)5-8-14(21)20-9-1-2-12(10-20)15(22)23/h3-4,6-7,12H,1-2,5,8-10H2,(H,22,23). The van der Waals surface area contributed by atoms with Gasteiger partial charge in [-0.1, -0.05) is 12.1 Å². The maximum atomic E-state index is 12.2. The molecule has 5 nitrogen and oxygen atoms in total. The Morgan fingerprint density at radius 1 is 1.25 bits per heavy atom. The lowest BCUT2D eigenvalue weighted by Gasteiger charge is -2.30. The number of piperidine rings is 1. The number of aryl methyl sites for hydroxylation is 1. The van der Waals surface area contributed by atoms with Gasteiger partial charge in [-0.3, -0.25) is 9.59 Å². The fraction of sp³-hybridized carbons (Fsp3) is 0.500. The van der Waals surface area contributed by atoms with Crippen LogP contribution in [0.2, 0.25) is 0 Å². The monoisotopic (exact) mass is 345 g/mol. The first kappa shape index (κ1) is 18.1. The predicted molar refractivity (Wildman–Crippen MR) is 78.4 cm³/mol. The Kier molecular flexibility index (Phi) is 5.69. The van der Waals surface area contributed by atoms with Crippen molar-refractivity contribution >= 4 is 11.9 Å². The van der Waals surface area contributed by atoms with Crippen molar-refractivity contribution in [1.29, 1.82) is 0 Å². The molecule has 2 rings (SSSR count). The van der Waals surface area contributed by atoms with E-state index in [1.54, 1.807) is 4.90 Å². The molecule has 1 aliphatic heterocycles. The van der Waals surface area contributed by atoms with E-state index in [9.17, 15) is 22.8 Å². The van der Waals surface area contributed by atoms with Crippen LogP contribution in [0.5, 0.6) is 5.75 Å². The van der Waals surface area contributed by atoms with Gasteiger partial charge < -0.3 is 14.7 Å². The number of benzene rings is 1. The van der Waals surface area contributed by atoms with Crippen molar-refractivity contribution in [2.75, 3.05) is 13.1 Å². The number of aliphatic carboxylic acids is 1. The van der Waals surface area contributed by atoms with Gasteiger partial charge in [0.25, 0.3) is 0 Å². The molecule has 1 saturated heterocycles. The lowest BCUT2D eigenvalue weighted by atomic mass is 9.97. The van der Waals surface area contributed by atoms with Crippen molar-refractivity contribution in [2.24, 2.45) is 5.92 Å². The van der Waals surface area contributed by atoms with Crippen LogP contribution in [0.3, 0.4) is 0 Å². The third kappa shape index (κ3) is 5.43. The minimum Gasteiger partial charge on any atom is -0.481 e. The molecule has 0 radical (unpaired) electrons. The smallest absolute Gasteiger partial charge is 0.481 e. The number of likely N-dealkylation sites (tertiary alicyclic amines) is 1. The number of hydrogen-bond donors (Lipinski definition) is 1. The van der Waals surface area contributed by atoms with Crippen molar-refractivity contribution in [3.63, 3.8) is 0 Å². The number of carboxylic acid groups (broad SMARTS) is 1. The summed E-state index contributed by atoms with van der Waals surface area (Å²) in [5.41, 5.74) is 0.713. The SMILES string of the molecule is O=C(O)C1CCCN(C(=O)CCc2ccc(OC(F)(F)F)cc2)C1. The van der Waals surface area contributed by atoms with Gasteiger partial charge in [0.1, 0.15) is 5.75 Å². The van der Waals surface area contributed by atoms with Gasteiger partial charge in [-0.05, 0) is 37.0 Å². The summed E-state index contributed by atoms with van der Waals surface area (Å²) in [7, 11) is 0. The summed E-state index contributed by atoms with van der Waals surface area (Å²) in [5.74, 6) is -1.87. The molecule has 0 aromatic heterocycles. The zero-order valence-corrected chi connectivity index (χ0v) is 12.9. The van der Waals surface area contributed by atoms with Crippen molar-refractivity contribution < 1.29 is 32.6 Å². The van der Waals surface area contributed by atoms with Crippen molar-refractivity contribution in [3.8, 4) is 5.75 Å². The van der Waals surface area contributed by atoms with Gasteiger partial charge in [0.15, 0.2) is 0 Å². The summed E-state index contributed by atoms with van der Waals surface area (Å²) in [6, 6.07) is 5.36. The molecule has 132 valence electrons. The first-order valence-electron chi connectivity index (χ1n) is 7.60. The van der Waals surface area contributed by atoms with E-state index in [2.05, 4.69) is 4.74 Å². The van der Waals surface area contributed by atoms with Crippen LogP contribution in [0.25, 0.3) is 0 Å². The highest BCUT2D eigenvalue weighted by molar-refractivity contribution is 5.78. The highest BCUT2D eigenvalue weighted by atomic mass is 19.4. The molecule has 0 bridgehead atoms. The van der Waals surface area contributed by atoms with Gasteiger partial charge in [-0.15, -0.1) is 13.2 Å². The fourth-order valence-electron chi connectivity index (χ4n) is 2.67. The molecule has 1 heterocycles. The van der Waals surface area contributed by atoms with Crippen molar-refractivity contribution in [2.45, 2.75) is 32.0 Å². The van der Waals surface area contributed by atoms with E-state index in [-0.39, 0.29) is 24.6 Å². The molecule has 1 aromatic carbocycles. The zero-order valence-electron chi connectivity index (χ0n) is 12.9. The number of nitrogens with zero attached hydrogens (tertiary/aromatic N) is 1. The molecule has 0 saturated carbocycles. The van der Waals surface area contributed by atoms with Gasteiger partial charge in [0, 0.05) is 19.5 Å². The Morgan fingerprint density at radius 2 is 1.92 bits per heavy atom. The molecule has 0 aliphatic carbocycles. The second-order valence-electron chi connectivity index (χ2n) is 5.71. The van der Waals surface area contributed by atoms with Crippen LogP contribution in [0.15, 0.2) is 24.3 Å². The number of rotatable bonds is 5. The number of carbonyl (C=O) groups excluding carboxylic acids is 1. The fourth-order valence-corrected chi connectivity index (χ4v) is 2.67. The van der Waals surface area contributed by atoms with Crippen molar-refractivity contribution in [3.05, 3.63) is 29.8 Å². The number of ether oxygens (including phenoxy) is 1. The summed E-state index contributed by atoms with van der Waals surface area (Å²) >= 11 is 0. The molecule has 1 N–H and O–H groups in total. The van der Waals surface area contributed by atoms with Crippen molar-refractivity contribution in [1.82, 2.24) is 4.90 Å². The maximum Gasteiger partial charge on any atom is 0.573 e. The van der Waals surface area contributed by atoms with E-state index in [4.69, 9.17) is 5.11 Å². The second kappa shape index (κ2) is 7.55. The second-order valence-corrected chi connectivity index (χ2v) is 5.71. The predicted octanol–water partition coefficient (Wildman–Crippen LogP) is 2.84. The molecule has 1 amide bonds. The van der Waals surface area contributed by atoms with Crippen LogP contribution in [0.4, 0.5) is 13.2 Å². The van der Waals surface area contributed by atoms with Gasteiger partial charge in [-0.2, -0.15) is 0 Å². The first-order chi connectivity index (χ1) is 11.2. The third-order valence-corrected chi connectivity index (χ3v) is 3.91. The minimum absolute atomic E-state index is 0.142. The van der Waals surface area contributed by atoms with Gasteiger partial charge >= 0.3 is 12.3 Å². The third-order valence-electron chi connectivity index (χ3n) is 3.91. The summed E-state index contributed by atoms with van der Waals surface area (Å²) in [5, 5.41) is 9.02. The van der Waals surface area contributed by atoms with Crippen LogP contribution in [-0.4, -0.2) is 41.3 Å². The molecular weight excluding hydrogens is 327 g/mol. The van der Waals surface area contributed by atoms with E-state index in [1.165, 1.54) is 24.3 Å². The lowest BCUT2D eigenvalue weighted by Crippen LogP contribution is -2.42. The maximum absolute atomic E-state index is 12.2. The molecule has 1 aromatic rings. The average Bonchev–Trinajstić information content (AvgIpc) is 2.52. The normalized spacial score (nSPS) is 18.3. The van der Waals surface area contributed by atoms with E-state index in [0.717, 1.165) is 0 Å². The quantitative estimate of drug-likeness (QED) is 0.891. The molecule has 0 spiro atoms. The van der Waals surface area contributed by atoms with E-state index in [1.807, 2.05) is 0 Å². The molecule has 8 heteroatoms. The Bertz CT molecular complexity index is 586. The number of amides is 1. The van der Waals surface area contributed by atoms with E-state index in [0.29, 0.717) is 31.4 Å². The van der Waals surface area contributed by atoms with Crippen LogP contribution >= 0.6 is 0 Å².